The number of benzene rings is 1. The molecule has 3 saturated heterocycles. The number of carboxylic acid groups (broad SMARTS) is 1. The van der Waals surface area contributed by atoms with Crippen molar-refractivity contribution in [2.24, 2.45) is 10.2 Å². The van der Waals surface area contributed by atoms with E-state index >= 15 is 0 Å². The van der Waals surface area contributed by atoms with Crippen molar-refractivity contribution in [2.45, 2.75) is 83.2 Å². The van der Waals surface area contributed by atoms with E-state index in [9.17, 15) is 29.4 Å². The number of nitrogens with zero attached hydrogens (tertiary/aromatic N) is 3. The molecule has 1 aromatic carbocycles. The van der Waals surface area contributed by atoms with E-state index in [4.69, 9.17) is 15.0 Å². The molecule has 5 fully saturated rings. The molecule has 4 N–H and O–H groups in total. The van der Waals surface area contributed by atoms with Crippen LogP contribution in [0.5, 0.6) is 5.75 Å². The summed E-state index contributed by atoms with van der Waals surface area (Å²) in [5, 5.41) is 37.8. The summed E-state index contributed by atoms with van der Waals surface area (Å²) in [7, 11) is 0. The van der Waals surface area contributed by atoms with Gasteiger partial charge in [0, 0.05) is 28.1 Å². The first-order valence-electron chi connectivity index (χ1n) is 16.8. The molecule has 264 valence electrons. The molecule has 2 amide bonds. The number of carbonyl (C=O) groups is 3. The van der Waals surface area contributed by atoms with Crippen LogP contribution in [0.25, 0.3) is 12.2 Å². The maximum Gasteiger partial charge on any atom is 1.00 e. The number of carbonyl (C=O) groups excluding carboxylic acids is 3. The van der Waals surface area contributed by atoms with Crippen molar-refractivity contribution in [3.63, 3.8) is 0 Å². The van der Waals surface area contributed by atoms with Crippen LogP contribution < -0.4 is 50.9 Å². The molecule has 1 spiro atoms. The van der Waals surface area contributed by atoms with Crippen molar-refractivity contribution in [2.75, 3.05) is 5.75 Å². The van der Waals surface area contributed by atoms with Crippen molar-refractivity contribution in [1.82, 2.24) is 20.6 Å². The maximum atomic E-state index is 14.2. The Morgan fingerprint density at radius 2 is 1.92 bits per heavy atom. The van der Waals surface area contributed by atoms with Crippen LogP contribution in [0, 0.1) is 0 Å². The summed E-state index contributed by atoms with van der Waals surface area (Å²) in [6.45, 7) is 3.58. The standard InChI is InChI=1S/C36H36N6O7S2.Na/c1-33(2)36(32(47)48)35(49-36)27(41-42-34-14-13-24(34)50-17-15-34)26(28(35)51-33)40-31(46)25(20-6-10-22(43)11-7-20)39-30(45)23-12-9-21(38-29(23)44)8-5-19-4-3-16-37-18-19;/h3-12,16,18,24-28,43H,13-15,17H2,1-2H3,(H,38,44)(H,39,45)(H,40,46)(H,47,48);/q;+1/p-1/b8-5+,42-41?;/t24?,25?,26-,27?,28-,34?,35?,36-;/m0./s1. The zero-order chi connectivity index (χ0) is 35.8. The number of fused-ring (bicyclic) bond motifs is 1. The van der Waals surface area contributed by atoms with Gasteiger partial charge in [0.05, 0.1) is 22.8 Å². The largest absolute Gasteiger partial charge is 1.00 e. The van der Waals surface area contributed by atoms with E-state index in [0.29, 0.717) is 16.5 Å². The number of thioether (sulfide) groups is 2. The first-order chi connectivity index (χ1) is 24.4. The number of phenols is 1. The van der Waals surface area contributed by atoms with Gasteiger partial charge in [-0.3, -0.25) is 19.4 Å². The number of hydrogen-bond acceptors (Lipinski definition) is 12. The normalized spacial score (nSPS) is 32.3. The number of amides is 2. The molecule has 8 atom stereocenters. The number of ether oxygens (including phenoxy) is 1. The van der Waals surface area contributed by atoms with Gasteiger partial charge < -0.3 is 35.4 Å². The molecule has 5 aliphatic rings. The van der Waals surface area contributed by atoms with Crippen molar-refractivity contribution >= 4 is 53.5 Å². The van der Waals surface area contributed by atoms with Crippen molar-refractivity contribution < 1.29 is 58.9 Å². The molecule has 0 bridgehead atoms. The monoisotopic (exact) mass is 750 g/mol. The Morgan fingerprint density at radius 3 is 2.56 bits per heavy atom. The van der Waals surface area contributed by atoms with Gasteiger partial charge in [0.25, 0.3) is 11.5 Å². The molecule has 3 aromatic rings. The van der Waals surface area contributed by atoms with Gasteiger partial charge in [-0.15, -0.1) is 11.8 Å². The number of aromatic amines is 1. The second-order valence-electron chi connectivity index (χ2n) is 14.1. The zero-order valence-corrected chi connectivity index (χ0v) is 32.3. The summed E-state index contributed by atoms with van der Waals surface area (Å²) in [6.07, 6.45) is 9.61. The molecule has 5 heterocycles. The number of epoxide rings is 1. The molecule has 2 aliphatic carbocycles. The van der Waals surface area contributed by atoms with Gasteiger partial charge in [0.15, 0.2) is 5.60 Å². The van der Waals surface area contributed by atoms with Crippen LogP contribution in [0.15, 0.2) is 75.9 Å². The van der Waals surface area contributed by atoms with Crippen molar-refractivity contribution in [1.29, 1.82) is 0 Å². The van der Waals surface area contributed by atoms with Crippen molar-refractivity contribution in [3.05, 3.63) is 93.7 Å². The Balaban J connectivity index is 0.00000420. The van der Waals surface area contributed by atoms with E-state index in [1.165, 1.54) is 42.1 Å². The number of hydrogen-bond donors (Lipinski definition) is 4. The quantitative estimate of drug-likeness (QED) is 0.120. The van der Waals surface area contributed by atoms with Crippen LogP contribution in [0.4, 0.5) is 0 Å². The molecular formula is C36H35N6NaO7S2. The van der Waals surface area contributed by atoms with E-state index < -0.39 is 62.7 Å². The number of azo groups is 1. The van der Waals surface area contributed by atoms with E-state index in [0.717, 1.165) is 30.6 Å². The minimum Gasteiger partial charge on any atom is -0.547 e. The molecule has 0 radical (unpaired) electrons. The molecule has 5 unspecified atom stereocenters. The van der Waals surface area contributed by atoms with Crippen molar-refractivity contribution in [3.8, 4) is 5.75 Å². The molecule has 3 aliphatic heterocycles. The number of aromatic hydroxyl groups is 1. The number of aromatic nitrogens is 2. The van der Waals surface area contributed by atoms with Crippen LogP contribution in [0.3, 0.4) is 0 Å². The Labute approximate surface area is 329 Å². The number of nitrogens with one attached hydrogen (secondary N) is 3. The minimum atomic E-state index is -1.59. The van der Waals surface area contributed by atoms with E-state index in [1.807, 2.05) is 17.8 Å². The second kappa shape index (κ2) is 13.4. The zero-order valence-electron chi connectivity index (χ0n) is 28.7. The minimum absolute atomic E-state index is 0. The Bertz CT molecular complexity index is 2050. The van der Waals surface area contributed by atoms with Gasteiger partial charge >= 0.3 is 29.6 Å². The molecule has 2 aromatic heterocycles. The average molecular weight is 751 g/mol. The summed E-state index contributed by atoms with van der Waals surface area (Å²) in [5.41, 5.74) is -2.30. The molecular weight excluding hydrogens is 716 g/mol. The van der Waals surface area contributed by atoms with Gasteiger partial charge in [-0.1, -0.05) is 24.3 Å². The maximum absolute atomic E-state index is 14.2. The van der Waals surface area contributed by atoms with Gasteiger partial charge in [-0.2, -0.15) is 22.0 Å². The summed E-state index contributed by atoms with van der Waals surface area (Å²) < 4.78 is 5.25. The van der Waals surface area contributed by atoms with Gasteiger partial charge in [0.2, 0.25) is 5.91 Å². The van der Waals surface area contributed by atoms with Gasteiger partial charge in [-0.25, -0.2) is 0 Å². The van der Waals surface area contributed by atoms with Crippen LogP contribution in [-0.4, -0.2) is 82.7 Å². The van der Waals surface area contributed by atoms with E-state index in [-0.39, 0.29) is 46.4 Å². The SMILES string of the molecule is CC1(C)S[C@H]2[C@@H](NC(=O)C(NC(=O)c3ccc(/C=C/c4cccnc4)[nH]c3=O)c3ccc(O)cc3)C(N=NC34CCSC3CC4)C23O[C@@]13C(=O)[O-].[Na+]. The average Bonchev–Trinajstić information content (AvgIpc) is 3.73. The number of carboxylic acids is 1. The van der Waals surface area contributed by atoms with Crippen LogP contribution >= 0.6 is 23.5 Å². The summed E-state index contributed by atoms with van der Waals surface area (Å²) in [4.78, 5) is 60.3. The fraction of sp³-hybridized carbons (Fsp3) is 0.417. The third-order valence-corrected chi connectivity index (χ3v) is 14.3. The first kappa shape index (κ1) is 36.9. The number of H-pyrrole nitrogens is 1. The third kappa shape index (κ3) is 5.66. The molecule has 16 heteroatoms. The Hall–Kier alpha value is -3.47. The summed E-state index contributed by atoms with van der Waals surface area (Å²) in [6, 6.07) is 9.62. The smallest absolute Gasteiger partial charge is 0.547 e. The number of phenolic OH excluding ortho intramolecular Hbond substituents is 1. The number of pyridine rings is 2. The number of aliphatic carboxylic acids is 1. The topological polar surface area (TPSA) is 202 Å². The predicted molar refractivity (Wildman–Crippen MR) is 189 cm³/mol. The predicted octanol–water partition coefficient (Wildman–Crippen LogP) is -0.370. The van der Waals surface area contributed by atoms with Crippen LogP contribution in [0.2, 0.25) is 0 Å². The van der Waals surface area contributed by atoms with Gasteiger partial charge in [0.1, 0.15) is 29.0 Å². The third-order valence-electron chi connectivity index (χ3n) is 11.0. The van der Waals surface area contributed by atoms with E-state index in [1.54, 1.807) is 50.5 Å². The summed E-state index contributed by atoms with van der Waals surface area (Å²) in [5.74, 6) is -1.78. The van der Waals surface area contributed by atoms with Crippen LogP contribution in [-0.2, 0) is 14.3 Å². The molecule has 2 saturated carbocycles. The number of rotatable bonds is 10. The van der Waals surface area contributed by atoms with Crippen LogP contribution in [0.1, 0.15) is 66.3 Å². The van der Waals surface area contributed by atoms with E-state index in [2.05, 4.69) is 20.6 Å². The molecule has 52 heavy (non-hydrogen) atoms. The second-order valence-corrected chi connectivity index (χ2v) is 17.2. The summed E-state index contributed by atoms with van der Waals surface area (Å²) >= 11 is 3.27. The first-order valence-corrected chi connectivity index (χ1v) is 18.7. The fourth-order valence-corrected chi connectivity index (χ4v) is 11.7. The Kier molecular flexibility index (Phi) is 9.52. The molecule has 13 nitrogen and oxygen atoms in total. The molecule has 8 rings (SSSR count). The fourth-order valence-electron chi connectivity index (χ4n) is 8.11. The Morgan fingerprint density at radius 1 is 1.13 bits per heavy atom. The van der Waals surface area contributed by atoms with Gasteiger partial charge in [-0.05, 0) is 86.4 Å².